The van der Waals surface area contributed by atoms with Crippen LogP contribution in [0.3, 0.4) is 0 Å². The third-order valence-electron chi connectivity index (χ3n) is 2.04. The van der Waals surface area contributed by atoms with E-state index in [1.165, 1.54) is 0 Å². The van der Waals surface area contributed by atoms with Crippen LogP contribution in [0.25, 0.3) is 0 Å². The predicted octanol–water partition coefficient (Wildman–Crippen LogP) is 1.42. The summed E-state index contributed by atoms with van der Waals surface area (Å²) < 4.78 is 11.0. The summed E-state index contributed by atoms with van der Waals surface area (Å²) >= 11 is 5.81. The quantitative estimate of drug-likeness (QED) is 0.816. The molecule has 2 unspecified atom stereocenters. The fourth-order valence-corrected chi connectivity index (χ4v) is 2.48. The zero-order valence-corrected chi connectivity index (χ0v) is 11.3. The fourth-order valence-electron chi connectivity index (χ4n) is 1.44. The molecule has 0 aliphatic heterocycles. The molecule has 4 nitrogen and oxygen atoms in total. The lowest BCUT2D eigenvalue weighted by atomic mass is 10.2. The largest absolute Gasteiger partial charge is 0.399 e. The minimum absolute atomic E-state index is 0.159. The lowest BCUT2D eigenvalue weighted by molar-refractivity contribution is 0.0943. The highest BCUT2D eigenvalue weighted by Gasteiger charge is 2.11. The van der Waals surface area contributed by atoms with Crippen LogP contribution in [0.5, 0.6) is 0 Å². The Hall–Kier alpha value is -1.07. The maximum atomic E-state index is 11.8. The first kappa shape index (κ1) is 14.0. The summed E-state index contributed by atoms with van der Waals surface area (Å²) in [4.78, 5) is 11.8. The van der Waals surface area contributed by atoms with Crippen LogP contribution in [0.15, 0.2) is 18.2 Å². The maximum Gasteiger partial charge on any atom is 0.251 e. The van der Waals surface area contributed by atoms with Crippen molar-refractivity contribution in [1.82, 2.24) is 5.32 Å². The van der Waals surface area contributed by atoms with Crippen molar-refractivity contribution >= 4 is 34.0 Å². The van der Waals surface area contributed by atoms with E-state index in [-0.39, 0.29) is 11.9 Å². The van der Waals surface area contributed by atoms with Crippen molar-refractivity contribution < 1.29 is 9.00 Å². The number of nitrogens with two attached hydrogens (primary N) is 1. The van der Waals surface area contributed by atoms with Crippen LogP contribution in [-0.2, 0) is 10.8 Å². The van der Waals surface area contributed by atoms with Gasteiger partial charge in [0.1, 0.15) is 0 Å². The molecule has 94 valence electrons. The lowest BCUT2D eigenvalue weighted by Gasteiger charge is -2.12. The van der Waals surface area contributed by atoms with Crippen molar-refractivity contribution in [2.45, 2.75) is 13.0 Å². The summed E-state index contributed by atoms with van der Waals surface area (Å²) in [6.45, 7) is 1.80. The van der Waals surface area contributed by atoms with E-state index in [1.807, 2.05) is 0 Å². The fraction of sp³-hybridized carbons (Fsp3) is 0.364. The molecular formula is C11H15ClN2O2S. The molecule has 0 aliphatic rings. The van der Waals surface area contributed by atoms with E-state index >= 15 is 0 Å². The van der Waals surface area contributed by atoms with Gasteiger partial charge in [0.2, 0.25) is 0 Å². The molecule has 3 N–H and O–H groups in total. The Morgan fingerprint density at radius 1 is 1.53 bits per heavy atom. The molecule has 0 bridgehead atoms. The van der Waals surface area contributed by atoms with Crippen molar-refractivity contribution in [3.63, 3.8) is 0 Å². The van der Waals surface area contributed by atoms with E-state index in [0.29, 0.717) is 22.0 Å². The summed E-state index contributed by atoms with van der Waals surface area (Å²) in [5.41, 5.74) is 6.44. The smallest absolute Gasteiger partial charge is 0.251 e. The van der Waals surface area contributed by atoms with Crippen molar-refractivity contribution in [3.8, 4) is 0 Å². The molecule has 0 saturated carbocycles. The summed E-state index contributed by atoms with van der Waals surface area (Å²) in [6.07, 6.45) is 1.60. The number of halogens is 1. The molecule has 17 heavy (non-hydrogen) atoms. The first-order chi connectivity index (χ1) is 7.88. The van der Waals surface area contributed by atoms with E-state index in [2.05, 4.69) is 5.32 Å². The maximum absolute atomic E-state index is 11.8. The Morgan fingerprint density at radius 2 is 2.18 bits per heavy atom. The second kappa shape index (κ2) is 6.02. The predicted molar refractivity (Wildman–Crippen MR) is 71.7 cm³/mol. The number of benzene rings is 1. The third-order valence-corrected chi connectivity index (χ3v) is 3.23. The topological polar surface area (TPSA) is 72.2 Å². The normalized spacial score (nSPS) is 14.1. The van der Waals surface area contributed by atoms with Crippen molar-refractivity contribution in [3.05, 3.63) is 28.8 Å². The summed E-state index contributed by atoms with van der Waals surface area (Å²) in [5, 5.41) is 3.15. The number of rotatable bonds is 4. The number of nitrogen functional groups attached to an aromatic ring is 1. The van der Waals surface area contributed by atoms with Gasteiger partial charge in [-0.2, -0.15) is 0 Å². The van der Waals surface area contributed by atoms with Gasteiger partial charge >= 0.3 is 0 Å². The SMILES string of the molecule is CC(CS(C)=O)NC(=O)c1cc(N)cc(Cl)c1. The average Bonchev–Trinajstić information content (AvgIpc) is 2.14. The number of carbonyl (C=O) groups excluding carboxylic acids is 1. The number of hydrogen-bond acceptors (Lipinski definition) is 3. The van der Waals surface area contributed by atoms with E-state index < -0.39 is 10.8 Å². The Labute approximate surface area is 108 Å². The Morgan fingerprint density at radius 3 is 2.71 bits per heavy atom. The first-order valence-corrected chi connectivity index (χ1v) is 7.16. The molecule has 0 aliphatic carbocycles. The molecule has 0 radical (unpaired) electrons. The molecule has 0 heterocycles. The standard InChI is InChI=1S/C11H15ClN2O2S/c1-7(6-17(2)16)14-11(15)8-3-9(12)5-10(13)4-8/h3-5,7H,6,13H2,1-2H3,(H,14,15). The number of nitrogens with one attached hydrogen (secondary N) is 1. The molecule has 1 amide bonds. The van der Waals surface area contributed by atoms with Gasteiger partial charge in [-0.3, -0.25) is 9.00 Å². The first-order valence-electron chi connectivity index (χ1n) is 5.05. The number of anilines is 1. The van der Waals surface area contributed by atoms with Gasteiger partial charge in [-0.1, -0.05) is 11.6 Å². The Kier molecular flexibility index (Phi) is 4.96. The summed E-state index contributed by atoms with van der Waals surface area (Å²) in [5.74, 6) is 0.152. The minimum atomic E-state index is -0.943. The zero-order chi connectivity index (χ0) is 13.0. The van der Waals surface area contributed by atoms with E-state index in [4.69, 9.17) is 17.3 Å². The molecule has 0 aromatic heterocycles. The lowest BCUT2D eigenvalue weighted by Crippen LogP contribution is -2.36. The third kappa shape index (κ3) is 4.75. The summed E-state index contributed by atoms with van der Waals surface area (Å²) in [6, 6.07) is 4.51. The Bertz CT molecular complexity index is 431. The number of hydrogen-bond donors (Lipinski definition) is 2. The molecule has 2 atom stereocenters. The highest BCUT2D eigenvalue weighted by atomic mass is 35.5. The van der Waals surface area contributed by atoms with Gasteiger partial charge in [-0.05, 0) is 25.1 Å². The van der Waals surface area contributed by atoms with Gasteiger partial charge in [-0.15, -0.1) is 0 Å². The van der Waals surface area contributed by atoms with Gasteiger partial charge in [0.05, 0.1) is 0 Å². The van der Waals surface area contributed by atoms with Crippen molar-refractivity contribution in [1.29, 1.82) is 0 Å². The minimum Gasteiger partial charge on any atom is -0.399 e. The molecule has 6 heteroatoms. The summed E-state index contributed by atoms with van der Waals surface area (Å²) in [7, 11) is -0.943. The Balaban J connectivity index is 2.72. The van der Waals surface area contributed by atoms with Crippen LogP contribution in [-0.4, -0.2) is 28.2 Å². The monoisotopic (exact) mass is 274 g/mol. The second-order valence-electron chi connectivity index (χ2n) is 3.89. The van der Waals surface area contributed by atoms with E-state index in [0.717, 1.165) is 0 Å². The molecule has 1 aromatic carbocycles. The van der Waals surface area contributed by atoms with E-state index in [9.17, 15) is 9.00 Å². The highest BCUT2D eigenvalue weighted by Crippen LogP contribution is 2.16. The van der Waals surface area contributed by atoms with E-state index in [1.54, 1.807) is 31.4 Å². The highest BCUT2D eigenvalue weighted by molar-refractivity contribution is 7.84. The van der Waals surface area contributed by atoms with Crippen LogP contribution < -0.4 is 11.1 Å². The van der Waals surface area contributed by atoms with Gasteiger partial charge in [-0.25, -0.2) is 0 Å². The second-order valence-corrected chi connectivity index (χ2v) is 5.80. The van der Waals surface area contributed by atoms with Crippen LogP contribution in [0.4, 0.5) is 5.69 Å². The van der Waals surface area contributed by atoms with Crippen molar-refractivity contribution in [2.75, 3.05) is 17.7 Å². The van der Waals surface area contributed by atoms with Gasteiger partial charge in [0.25, 0.3) is 5.91 Å². The zero-order valence-electron chi connectivity index (χ0n) is 9.70. The van der Waals surface area contributed by atoms with Crippen LogP contribution in [0.1, 0.15) is 17.3 Å². The number of amides is 1. The van der Waals surface area contributed by atoms with Crippen molar-refractivity contribution in [2.24, 2.45) is 0 Å². The molecule has 0 spiro atoms. The average molecular weight is 275 g/mol. The molecule has 0 fully saturated rings. The van der Waals surface area contributed by atoms with Gasteiger partial charge < -0.3 is 11.1 Å². The van der Waals surface area contributed by atoms with Crippen LogP contribution >= 0.6 is 11.6 Å². The van der Waals surface area contributed by atoms with Gasteiger partial charge in [0.15, 0.2) is 0 Å². The molecular weight excluding hydrogens is 260 g/mol. The molecule has 0 saturated heterocycles. The molecule has 1 rings (SSSR count). The van der Waals surface area contributed by atoms with Crippen LogP contribution in [0, 0.1) is 0 Å². The van der Waals surface area contributed by atoms with Gasteiger partial charge in [0, 0.05) is 45.1 Å². The number of carbonyl (C=O) groups is 1. The molecule has 1 aromatic rings. The van der Waals surface area contributed by atoms with Crippen LogP contribution in [0.2, 0.25) is 5.02 Å².